The highest BCUT2D eigenvalue weighted by Crippen LogP contribution is 2.39. The Bertz CT molecular complexity index is 7070. The number of hydrogen-bond donors (Lipinski definition) is 0. The topological polar surface area (TPSA) is 129 Å². The molecule has 10 heteroatoms. The van der Waals surface area contributed by atoms with Crippen molar-refractivity contribution in [2.24, 2.45) is 0 Å². The predicted molar refractivity (Wildman–Crippen MR) is 427 cm³/mol. The third-order valence-electron chi connectivity index (χ3n) is 20.2. The summed E-state index contributed by atoms with van der Waals surface area (Å²) in [5.41, 5.74) is 24.4. The lowest BCUT2D eigenvalue weighted by atomic mass is 9.96. The minimum absolute atomic E-state index is 0.918. The second kappa shape index (κ2) is 24.9. The molecule has 10 nitrogen and oxygen atoms in total. The van der Waals surface area contributed by atoms with Crippen LogP contribution in [0, 0.1) is 0 Å². The summed E-state index contributed by atoms with van der Waals surface area (Å²) in [4.78, 5) is 48.1. The fourth-order valence-corrected chi connectivity index (χ4v) is 14.8. The Hall–Kier alpha value is -14.2. The number of aromatic nitrogens is 10. The lowest BCUT2D eigenvalue weighted by molar-refractivity contribution is 1.36. The molecule has 0 saturated heterocycles. The van der Waals surface area contributed by atoms with E-state index in [9.17, 15) is 0 Å². The maximum Gasteiger partial charge on any atom is 0.0972 e. The molecule has 0 N–H and O–H groups in total. The van der Waals surface area contributed by atoms with Crippen LogP contribution < -0.4 is 0 Å². The van der Waals surface area contributed by atoms with Crippen molar-refractivity contribution in [3.8, 4) is 89.7 Å². The van der Waals surface area contributed by atoms with Gasteiger partial charge in [0.15, 0.2) is 0 Å². The van der Waals surface area contributed by atoms with Crippen LogP contribution >= 0.6 is 0 Å². The molecule has 0 atom stereocenters. The molecule has 0 unspecified atom stereocenters. The zero-order chi connectivity index (χ0) is 68.6. The van der Waals surface area contributed by atoms with Gasteiger partial charge in [0.05, 0.1) is 72.6 Å². The Morgan fingerprint density at radius 2 is 0.538 bits per heavy atom. The van der Waals surface area contributed by atoms with Gasteiger partial charge in [0, 0.05) is 125 Å². The van der Waals surface area contributed by atoms with Gasteiger partial charge < -0.3 is 0 Å². The van der Waals surface area contributed by atoms with Crippen molar-refractivity contribution < 1.29 is 0 Å². The lowest BCUT2D eigenvalue weighted by Gasteiger charge is -2.11. The van der Waals surface area contributed by atoms with Crippen LogP contribution in [0.3, 0.4) is 0 Å². The summed E-state index contributed by atoms with van der Waals surface area (Å²) in [6.07, 6.45) is 13.0. The maximum atomic E-state index is 5.17. The quantitative estimate of drug-likeness (QED) is 0.136. The van der Waals surface area contributed by atoms with Crippen molar-refractivity contribution in [2.75, 3.05) is 0 Å². The van der Waals surface area contributed by atoms with Crippen molar-refractivity contribution in [1.82, 2.24) is 49.8 Å². The molecule has 0 radical (unpaired) electrons. The number of rotatable bonds is 8. The van der Waals surface area contributed by atoms with E-state index < -0.39 is 0 Å². The molecule has 104 heavy (non-hydrogen) atoms. The molecule has 21 rings (SSSR count). The van der Waals surface area contributed by atoms with E-state index in [1.54, 1.807) is 0 Å². The van der Waals surface area contributed by atoms with Crippen LogP contribution in [0.25, 0.3) is 209 Å². The Kier molecular flexibility index (Phi) is 14.3. The third-order valence-corrected chi connectivity index (χ3v) is 20.2. The number of pyridine rings is 10. The average Bonchev–Trinajstić information content (AvgIpc) is 0.752. The molecule has 0 spiro atoms. The van der Waals surface area contributed by atoms with Gasteiger partial charge in [-0.15, -0.1) is 0 Å². The second-order valence-corrected chi connectivity index (χ2v) is 26.4. The molecule has 0 aliphatic heterocycles. The van der Waals surface area contributed by atoms with Crippen LogP contribution in [0.15, 0.2) is 341 Å². The van der Waals surface area contributed by atoms with Crippen molar-refractivity contribution in [2.45, 2.75) is 0 Å². The molecular formula is C94H56N10. The molecular weight excluding hydrogens is 1270 g/mol. The number of nitrogens with zero attached hydrogens (tertiary/aromatic N) is 10. The highest BCUT2D eigenvalue weighted by molar-refractivity contribution is 6.11. The van der Waals surface area contributed by atoms with E-state index in [2.05, 4.69) is 304 Å². The monoisotopic (exact) mass is 1320 g/mol. The minimum atomic E-state index is 0.918. The highest BCUT2D eigenvalue weighted by Gasteiger charge is 2.16. The third kappa shape index (κ3) is 10.9. The molecule has 482 valence electrons. The summed E-state index contributed by atoms with van der Waals surface area (Å²) in [5, 5.41) is 15.6. The van der Waals surface area contributed by atoms with Crippen LogP contribution in [-0.2, 0) is 0 Å². The first-order valence-corrected chi connectivity index (χ1v) is 34.7. The van der Waals surface area contributed by atoms with Gasteiger partial charge in [0.1, 0.15) is 0 Å². The fourth-order valence-electron chi connectivity index (χ4n) is 14.8. The van der Waals surface area contributed by atoms with E-state index in [1.807, 2.05) is 61.6 Å². The number of benzene rings is 11. The van der Waals surface area contributed by atoms with Crippen molar-refractivity contribution in [1.29, 1.82) is 0 Å². The van der Waals surface area contributed by atoms with Crippen LogP contribution in [0.2, 0.25) is 0 Å². The van der Waals surface area contributed by atoms with E-state index >= 15 is 0 Å². The first kappa shape index (κ1) is 59.8. The Labute approximate surface area is 596 Å². The average molecular weight is 1330 g/mol. The summed E-state index contributed by atoms with van der Waals surface area (Å²) in [6.45, 7) is 0. The van der Waals surface area contributed by atoms with Gasteiger partial charge in [-0.1, -0.05) is 194 Å². The molecule has 0 amide bonds. The number of hydrogen-bond acceptors (Lipinski definition) is 10. The zero-order valence-corrected chi connectivity index (χ0v) is 55.8. The summed E-state index contributed by atoms with van der Waals surface area (Å²) < 4.78 is 0. The molecule has 0 saturated carbocycles. The van der Waals surface area contributed by atoms with Crippen molar-refractivity contribution in [3.63, 3.8) is 0 Å². The van der Waals surface area contributed by atoms with Crippen LogP contribution in [-0.4, -0.2) is 49.8 Å². The zero-order valence-electron chi connectivity index (χ0n) is 55.8. The molecule has 10 heterocycles. The standard InChI is InChI=1S/C49H29N5.C45H27N5/c1-3-40-29-50-24-22-41(40)42(5-1)45-21-17-31-7-11-37(28-47(31)53-45)36-10-6-30-16-19-43(52-46(30)27-36)38-14-12-35-26-39(15-13-34(35)25-38)44-20-18-33-9-8-32-4-2-23-51-48(32)49(33)54-44;1-4-35-27-46-23-20-36(35)37(6-1)41-19-17-31-13-15-33(26-43(31)50-41)32-14-12-30-16-18-40(49-42(30)25-32)29-10-8-28(9-11-29)39-24-34-5-2-21-47-44(34)45-38(39)7-3-22-48-45/h1-29H;1-27H. The van der Waals surface area contributed by atoms with Gasteiger partial charge in [-0.2, -0.15) is 0 Å². The first-order valence-electron chi connectivity index (χ1n) is 34.7. The Morgan fingerprint density at radius 3 is 1.07 bits per heavy atom. The van der Waals surface area contributed by atoms with E-state index in [0.29, 0.717) is 0 Å². The normalized spacial score (nSPS) is 11.7. The van der Waals surface area contributed by atoms with E-state index in [1.165, 1.54) is 0 Å². The number of fused-ring (bicyclic) bond motifs is 13. The predicted octanol–water partition coefficient (Wildman–Crippen LogP) is 23.3. The SMILES string of the molecule is c1cc(-c2ccc3ccc(-c4ccc5ccc(-c6ccc(-c7cc8cccnc8c8ncccc78)cc6)nc5c4)cc3n2)c2ccncc2c1.c1cc(-c2ccc3ccc(-c4ccc5ccc(-c6ccc7cc(-c8ccc9ccc%10cccnc%10c9n8)ccc7c6)nc5c4)cc3n2)c2ccncc2c1. The largest absolute Gasteiger partial charge is 0.264 e. The van der Waals surface area contributed by atoms with E-state index in [0.717, 1.165) is 209 Å². The van der Waals surface area contributed by atoms with Gasteiger partial charge in [-0.05, 0) is 158 Å². The molecule has 0 aliphatic rings. The Morgan fingerprint density at radius 1 is 0.173 bits per heavy atom. The van der Waals surface area contributed by atoms with Crippen LogP contribution in [0.4, 0.5) is 0 Å². The van der Waals surface area contributed by atoms with Gasteiger partial charge in [0.25, 0.3) is 0 Å². The van der Waals surface area contributed by atoms with E-state index in [-0.39, 0.29) is 0 Å². The van der Waals surface area contributed by atoms with Gasteiger partial charge in [0.2, 0.25) is 0 Å². The van der Waals surface area contributed by atoms with Crippen molar-refractivity contribution >= 4 is 120 Å². The Balaban J connectivity index is 0.000000139. The lowest BCUT2D eigenvalue weighted by Crippen LogP contribution is -1.90. The van der Waals surface area contributed by atoms with Crippen LogP contribution in [0.5, 0.6) is 0 Å². The molecule has 21 aromatic rings. The van der Waals surface area contributed by atoms with E-state index in [4.69, 9.17) is 24.9 Å². The van der Waals surface area contributed by atoms with Crippen LogP contribution in [0.1, 0.15) is 0 Å². The van der Waals surface area contributed by atoms with Crippen molar-refractivity contribution in [3.05, 3.63) is 341 Å². The van der Waals surface area contributed by atoms with Gasteiger partial charge in [-0.3, -0.25) is 24.9 Å². The molecule has 11 aromatic carbocycles. The smallest absolute Gasteiger partial charge is 0.0972 e. The van der Waals surface area contributed by atoms with Gasteiger partial charge >= 0.3 is 0 Å². The fraction of sp³-hybridized carbons (Fsp3) is 0. The molecule has 0 fully saturated rings. The maximum absolute atomic E-state index is 5.17. The molecule has 0 aliphatic carbocycles. The summed E-state index contributed by atoms with van der Waals surface area (Å²) in [5.74, 6) is 0. The minimum Gasteiger partial charge on any atom is -0.264 e. The molecule has 0 bridgehead atoms. The van der Waals surface area contributed by atoms with Gasteiger partial charge in [-0.25, -0.2) is 24.9 Å². The highest BCUT2D eigenvalue weighted by atomic mass is 14.8. The summed E-state index contributed by atoms with van der Waals surface area (Å²) in [6, 6.07) is 104. The summed E-state index contributed by atoms with van der Waals surface area (Å²) in [7, 11) is 0. The molecule has 10 aromatic heterocycles. The second-order valence-electron chi connectivity index (χ2n) is 26.4. The summed E-state index contributed by atoms with van der Waals surface area (Å²) >= 11 is 0. The first-order chi connectivity index (χ1) is 51.4.